The highest BCUT2D eigenvalue weighted by Gasteiger charge is 2.03. The number of aryl methyl sites for hydroxylation is 1. The van der Waals surface area contributed by atoms with Gasteiger partial charge in [0.2, 0.25) is 5.95 Å². The maximum atomic E-state index is 4.49. The highest BCUT2D eigenvalue weighted by molar-refractivity contribution is 5.41. The number of unbranched alkanes of at least 4 members (excludes halogenated alkanes) is 1. The fourth-order valence-corrected chi connectivity index (χ4v) is 1.94. The summed E-state index contributed by atoms with van der Waals surface area (Å²) in [6, 6.07) is 2.62. The van der Waals surface area contributed by atoms with Crippen LogP contribution in [0.15, 0.2) is 6.07 Å². The van der Waals surface area contributed by atoms with Gasteiger partial charge in [-0.2, -0.15) is 4.98 Å². The first-order chi connectivity index (χ1) is 10.0. The van der Waals surface area contributed by atoms with Crippen molar-refractivity contribution in [1.29, 1.82) is 0 Å². The minimum absolute atomic E-state index is 0.620. The normalized spacial score (nSPS) is 11.2. The number of aromatic nitrogens is 2. The Labute approximate surface area is 129 Å². The van der Waals surface area contributed by atoms with Crippen molar-refractivity contribution in [2.75, 3.05) is 37.3 Å². The SMILES string of the molecule is CCCNc1nc(C)cc(NCCCCN(C)C(C)C)n1. The van der Waals surface area contributed by atoms with Gasteiger partial charge in [0, 0.05) is 30.9 Å². The molecule has 0 radical (unpaired) electrons. The third kappa shape index (κ3) is 7.27. The van der Waals surface area contributed by atoms with E-state index in [9.17, 15) is 0 Å². The second-order valence-electron chi connectivity index (χ2n) is 5.85. The molecule has 2 N–H and O–H groups in total. The van der Waals surface area contributed by atoms with Crippen molar-refractivity contribution in [3.8, 4) is 0 Å². The monoisotopic (exact) mass is 293 g/mol. The lowest BCUT2D eigenvalue weighted by atomic mass is 10.2. The molecule has 0 bridgehead atoms. The van der Waals surface area contributed by atoms with E-state index >= 15 is 0 Å². The standard InChI is InChI=1S/C16H31N5/c1-6-9-18-16-19-14(4)12-15(20-16)17-10-7-8-11-21(5)13(2)3/h12-13H,6-11H2,1-5H3,(H2,17,18,19,20). The van der Waals surface area contributed by atoms with E-state index in [1.54, 1.807) is 0 Å². The molecule has 5 heteroatoms. The van der Waals surface area contributed by atoms with E-state index in [-0.39, 0.29) is 0 Å². The van der Waals surface area contributed by atoms with Gasteiger partial charge >= 0.3 is 0 Å². The van der Waals surface area contributed by atoms with Crippen molar-refractivity contribution >= 4 is 11.8 Å². The van der Waals surface area contributed by atoms with Crippen molar-refractivity contribution in [2.45, 2.75) is 53.0 Å². The molecule has 1 aromatic rings. The summed E-state index contributed by atoms with van der Waals surface area (Å²) in [6.45, 7) is 11.6. The van der Waals surface area contributed by atoms with E-state index in [2.05, 4.69) is 53.3 Å². The second-order valence-corrected chi connectivity index (χ2v) is 5.85. The molecule has 0 saturated heterocycles. The van der Waals surface area contributed by atoms with Gasteiger partial charge in [-0.15, -0.1) is 0 Å². The van der Waals surface area contributed by atoms with Crippen LogP contribution < -0.4 is 10.6 Å². The molecule has 5 nitrogen and oxygen atoms in total. The molecule has 21 heavy (non-hydrogen) atoms. The lowest BCUT2D eigenvalue weighted by Gasteiger charge is -2.20. The number of rotatable bonds is 10. The number of nitrogens with zero attached hydrogens (tertiary/aromatic N) is 3. The van der Waals surface area contributed by atoms with Crippen LogP contribution in [0.25, 0.3) is 0 Å². The highest BCUT2D eigenvalue weighted by Crippen LogP contribution is 2.10. The average Bonchev–Trinajstić information content (AvgIpc) is 2.43. The Morgan fingerprint density at radius 3 is 2.57 bits per heavy atom. The molecule has 0 spiro atoms. The van der Waals surface area contributed by atoms with Crippen LogP contribution in [0, 0.1) is 6.92 Å². The largest absolute Gasteiger partial charge is 0.370 e. The molecular weight excluding hydrogens is 262 g/mol. The molecule has 120 valence electrons. The summed E-state index contributed by atoms with van der Waals surface area (Å²) in [7, 11) is 2.18. The summed E-state index contributed by atoms with van der Waals surface area (Å²) in [5.74, 6) is 1.64. The van der Waals surface area contributed by atoms with Gasteiger partial charge in [-0.3, -0.25) is 0 Å². The first-order valence-corrected chi connectivity index (χ1v) is 8.06. The molecule has 1 aromatic heterocycles. The molecule has 0 unspecified atom stereocenters. The molecule has 0 aliphatic carbocycles. The van der Waals surface area contributed by atoms with E-state index in [4.69, 9.17) is 0 Å². The van der Waals surface area contributed by atoms with Crippen molar-refractivity contribution in [2.24, 2.45) is 0 Å². The van der Waals surface area contributed by atoms with E-state index in [0.717, 1.165) is 49.9 Å². The summed E-state index contributed by atoms with van der Waals surface area (Å²) in [4.78, 5) is 11.3. The smallest absolute Gasteiger partial charge is 0.224 e. The number of anilines is 2. The van der Waals surface area contributed by atoms with Crippen LogP contribution in [-0.2, 0) is 0 Å². The van der Waals surface area contributed by atoms with Crippen LogP contribution in [0.4, 0.5) is 11.8 Å². The zero-order valence-electron chi connectivity index (χ0n) is 14.2. The predicted octanol–water partition coefficient (Wildman–Crippen LogP) is 3.14. The van der Waals surface area contributed by atoms with Gasteiger partial charge < -0.3 is 15.5 Å². The van der Waals surface area contributed by atoms with Gasteiger partial charge in [-0.1, -0.05) is 6.92 Å². The maximum absolute atomic E-state index is 4.49. The summed E-state index contributed by atoms with van der Waals surface area (Å²) < 4.78 is 0. The molecule has 0 aliphatic rings. The minimum Gasteiger partial charge on any atom is -0.370 e. The van der Waals surface area contributed by atoms with Gasteiger partial charge in [-0.25, -0.2) is 4.98 Å². The Hall–Kier alpha value is -1.36. The van der Waals surface area contributed by atoms with Crippen molar-refractivity contribution < 1.29 is 0 Å². The van der Waals surface area contributed by atoms with Gasteiger partial charge in [0.25, 0.3) is 0 Å². The maximum Gasteiger partial charge on any atom is 0.224 e. The highest BCUT2D eigenvalue weighted by atomic mass is 15.1. The van der Waals surface area contributed by atoms with Gasteiger partial charge in [0.1, 0.15) is 5.82 Å². The van der Waals surface area contributed by atoms with Crippen LogP contribution in [-0.4, -0.2) is 47.6 Å². The summed E-state index contributed by atoms with van der Waals surface area (Å²) in [6.07, 6.45) is 3.42. The third-order valence-corrected chi connectivity index (χ3v) is 3.51. The minimum atomic E-state index is 0.620. The first-order valence-electron chi connectivity index (χ1n) is 8.06. The van der Waals surface area contributed by atoms with E-state index in [1.165, 1.54) is 6.42 Å². The van der Waals surface area contributed by atoms with Crippen LogP contribution in [0.5, 0.6) is 0 Å². The molecule has 0 saturated carbocycles. The molecule has 0 aliphatic heterocycles. The van der Waals surface area contributed by atoms with Gasteiger partial charge in [-0.05, 0) is 53.6 Å². The van der Waals surface area contributed by atoms with E-state index in [0.29, 0.717) is 6.04 Å². The van der Waals surface area contributed by atoms with Crippen LogP contribution in [0.2, 0.25) is 0 Å². The number of hydrogen-bond donors (Lipinski definition) is 2. The third-order valence-electron chi connectivity index (χ3n) is 3.51. The first kappa shape index (κ1) is 17.7. The molecule has 0 atom stereocenters. The topological polar surface area (TPSA) is 53.1 Å². The Morgan fingerprint density at radius 1 is 1.14 bits per heavy atom. The summed E-state index contributed by atoms with van der Waals surface area (Å²) in [5.41, 5.74) is 0.991. The van der Waals surface area contributed by atoms with E-state index < -0.39 is 0 Å². The van der Waals surface area contributed by atoms with Gasteiger partial charge in [0.05, 0.1) is 0 Å². The zero-order chi connectivity index (χ0) is 15.7. The van der Waals surface area contributed by atoms with E-state index in [1.807, 2.05) is 13.0 Å². The average molecular weight is 293 g/mol. The number of hydrogen-bond acceptors (Lipinski definition) is 5. The lowest BCUT2D eigenvalue weighted by Crippen LogP contribution is -2.27. The van der Waals surface area contributed by atoms with Crippen molar-refractivity contribution in [3.63, 3.8) is 0 Å². The van der Waals surface area contributed by atoms with Crippen molar-refractivity contribution in [3.05, 3.63) is 11.8 Å². The number of nitrogens with one attached hydrogen (secondary N) is 2. The molecule has 1 heterocycles. The van der Waals surface area contributed by atoms with Gasteiger partial charge in [0.15, 0.2) is 0 Å². The molecule has 0 fully saturated rings. The lowest BCUT2D eigenvalue weighted by molar-refractivity contribution is 0.269. The molecule has 0 amide bonds. The fraction of sp³-hybridized carbons (Fsp3) is 0.750. The molecule has 0 aromatic carbocycles. The van der Waals surface area contributed by atoms with Crippen LogP contribution >= 0.6 is 0 Å². The zero-order valence-corrected chi connectivity index (χ0v) is 14.2. The Bertz CT molecular complexity index is 406. The quantitative estimate of drug-likeness (QED) is 0.649. The summed E-state index contributed by atoms with van der Waals surface area (Å²) in [5, 5.41) is 6.63. The molecule has 1 rings (SSSR count). The summed E-state index contributed by atoms with van der Waals surface area (Å²) >= 11 is 0. The van der Waals surface area contributed by atoms with Crippen LogP contribution in [0.1, 0.15) is 45.7 Å². The van der Waals surface area contributed by atoms with Crippen LogP contribution in [0.3, 0.4) is 0 Å². The Kier molecular flexibility index (Phi) is 8.05. The Balaban J connectivity index is 2.33. The second kappa shape index (κ2) is 9.55. The fourth-order valence-electron chi connectivity index (χ4n) is 1.94. The van der Waals surface area contributed by atoms with Crippen molar-refractivity contribution in [1.82, 2.24) is 14.9 Å². The Morgan fingerprint density at radius 2 is 1.90 bits per heavy atom. The molecular formula is C16H31N5. The predicted molar refractivity (Wildman–Crippen MR) is 91.0 cm³/mol.